The molecule has 0 aromatic heterocycles. The largest absolute Gasteiger partial charge is 0.260 e. The fraction of sp³-hybridized carbons (Fsp3) is 1.00. The minimum Gasteiger partial charge on any atom is -0.260 e. The van der Waals surface area contributed by atoms with Gasteiger partial charge in [0.25, 0.3) is 0 Å². The summed E-state index contributed by atoms with van der Waals surface area (Å²) in [5.41, 5.74) is -0.430. The lowest BCUT2D eigenvalue weighted by Gasteiger charge is -2.15. The zero-order valence-electron chi connectivity index (χ0n) is 9.16. The number of hydrogen-bond acceptors (Lipinski definition) is 1. The second-order valence-corrected chi connectivity index (χ2v) is 10.0. The quantitative estimate of drug-likeness (QED) is 0.717. The van der Waals surface area contributed by atoms with Gasteiger partial charge in [0, 0.05) is 33.1 Å². The molecule has 2 fully saturated rings. The molecule has 2 aliphatic rings. The van der Waals surface area contributed by atoms with Crippen LogP contribution in [-0.2, 0) is 10.8 Å². The van der Waals surface area contributed by atoms with Crippen molar-refractivity contribution in [3.05, 3.63) is 0 Å². The van der Waals surface area contributed by atoms with Crippen LogP contribution in [0.2, 0.25) is 0 Å². The highest BCUT2D eigenvalue weighted by Crippen LogP contribution is 2.66. The molecule has 0 bridgehead atoms. The molecule has 94 valence electrons. The number of hydrogen-bond donors (Lipinski definition) is 0. The van der Waals surface area contributed by atoms with Gasteiger partial charge >= 0.3 is 0 Å². The number of halogens is 4. The van der Waals surface area contributed by atoms with Gasteiger partial charge in [0.05, 0.1) is 0 Å². The van der Waals surface area contributed by atoms with Gasteiger partial charge in [-0.1, -0.05) is 13.8 Å². The van der Waals surface area contributed by atoms with Gasteiger partial charge in [0.1, 0.15) is 8.67 Å². The predicted octanol–water partition coefficient (Wildman–Crippen LogP) is 3.90. The summed E-state index contributed by atoms with van der Waals surface area (Å²) in [5.74, 6) is 1.05. The summed E-state index contributed by atoms with van der Waals surface area (Å²) in [5, 5.41) is 0. The molecular formula is C10H14Cl4OS. The number of alkyl halides is 4. The van der Waals surface area contributed by atoms with Gasteiger partial charge < -0.3 is 0 Å². The smallest absolute Gasteiger partial charge is 0.125 e. The molecule has 6 heteroatoms. The molecule has 0 heterocycles. The van der Waals surface area contributed by atoms with Crippen LogP contribution in [0.5, 0.6) is 0 Å². The highest BCUT2D eigenvalue weighted by Gasteiger charge is 2.66. The van der Waals surface area contributed by atoms with Crippen molar-refractivity contribution >= 4 is 57.2 Å². The van der Waals surface area contributed by atoms with Gasteiger partial charge in [-0.2, -0.15) is 0 Å². The SMILES string of the molecule is C[C@]1(CS(=O)C[C@@]2(C)CC2(Cl)Cl)CC1(Cl)Cl. The summed E-state index contributed by atoms with van der Waals surface area (Å²) in [7, 11) is -0.965. The van der Waals surface area contributed by atoms with Crippen molar-refractivity contribution < 1.29 is 4.21 Å². The second kappa shape index (κ2) is 3.66. The summed E-state index contributed by atoms with van der Waals surface area (Å²) in [4.78, 5) is 0. The normalized spacial score (nSPS) is 43.4. The van der Waals surface area contributed by atoms with Crippen LogP contribution in [0.1, 0.15) is 26.7 Å². The second-order valence-electron chi connectivity index (χ2n) is 5.61. The van der Waals surface area contributed by atoms with Gasteiger partial charge in [-0.3, -0.25) is 4.21 Å². The molecule has 0 aliphatic heterocycles. The fourth-order valence-corrected chi connectivity index (χ4v) is 5.95. The number of rotatable bonds is 4. The molecule has 2 rings (SSSR count). The average molecular weight is 324 g/mol. The van der Waals surface area contributed by atoms with Gasteiger partial charge in [-0.15, -0.1) is 46.4 Å². The Bertz CT molecular complexity index is 325. The van der Waals surface area contributed by atoms with Crippen molar-refractivity contribution in [1.29, 1.82) is 0 Å². The first-order valence-electron chi connectivity index (χ1n) is 5.12. The summed E-state index contributed by atoms with van der Waals surface area (Å²) in [6.45, 7) is 3.93. The third kappa shape index (κ3) is 2.25. The third-order valence-corrected chi connectivity index (χ3v) is 7.98. The van der Waals surface area contributed by atoms with Gasteiger partial charge in [0.15, 0.2) is 0 Å². The molecule has 2 aliphatic carbocycles. The van der Waals surface area contributed by atoms with E-state index < -0.39 is 19.5 Å². The zero-order chi connectivity index (χ0) is 12.4. The molecule has 1 nitrogen and oxygen atoms in total. The summed E-state index contributed by atoms with van der Waals surface area (Å²) in [6.07, 6.45) is 1.41. The van der Waals surface area contributed by atoms with E-state index in [9.17, 15) is 4.21 Å². The van der Waals surface area contributed by atoms with Crippen molar-refractivity contribution in [3.8, 4) is 0 Å². The van der Waals surface area contributed by atoms with E-state index in [2.05, 4.69) is 0 Å². The third-order valence-electron chi connectivity index (χ3n) is 3.70. The van der Waals surface area contributed by atoms with Crippen LogP contribution in [0.15, 0.2) is 0 Å². The summed E-state index contributed by atoms with van der Waals surface area (Å²) in [6, 6.07) is 0. The Morgan fingerprint density at radius 2 is 1.19 bits per heavy atom. The Morgan fingerprint density at radius 1 is 0.938 bits per heavy atom. The van der Waals surface area contributed by atoms with Crippen LogP contribution in [0.3, 0.4) is 0 Å². The van der Waals surface area contributed by atoms with Crippen molar-refractivity contribution in [2.75, 3.05) is 11.5 Å². The maximum absolute atomic E-state index is 12.0. The Kier molecular flexibility index (Phi) is 3.14. The molecule has 0 amide bonds. The molecule has 0 aromatic carbocycles. The highest BCUT2D eigenvalue weighted by atomic mass is 35.5. The maximum atomic E-state index is 12.0. The lowest BCUT2D eigenvalue weighted by Crippen LogP contribution is -2.22. The van der Waals surface area contributed by atoms with E-state index in [1.165, 1.54) is 0 Å². The minimum atomic E-state index is -0.965. The van der Waals surface area contributed by atoms with Crippen LogP contribution in [-0.4, -0.2) is 24.4 Å². The Morgan fingerprint density at radius 3 is 1.38 bits per heavy atom. The van der Waals surface area contributed by atoms with Gasteiger partial charge in [-0.05, 0) is 12.8 Å². The summed E-state index contributed by atoms with van der Waals surface area (Å²) >= 11 is 24.1. The lowest BCUT2D eigenvalue weighted by molar-refractivity contribution is 0.598. The van der Waals surface area contributed by atoms with E-state index in [1.54, 1.807) is 0 Å². The molecule has 2 atom stereocenters. The van der Waals surface area contributed by atoms with Gasteiger partial charge in [0.2, 0.25) is 0 Å². The first-order chi connectivity index (χ1) is 7.02. The van der Waals surface area contributed by atoms with Gasteiger partial charge in [-0.25, -0.2) is 0 Å². The summed E-state index contributed by atoms with van der Waals surface area (Å²) < 4.78 is 10.6. The Balaban J connectivity index is 1.88. The minimum absolute atomic E-state index is 0.215. The molecule has 2 saturated carbocycles. The van der Waals surface area contributed by atoms with E-state index in [0.29, 0.717) is 24.3 Å². The molecule has 0 radical (unpaired) electrons. The standard InChI is InChI=1S/C10H14Cl4OS/c1-7(3-9(7,11)12)5-16(15)6-8(2)4-10(8,13)14/h3-6H2,1-2H3/t7-,8-/m1/s1. The van der Waals surface area contributed by atoms with Crippen LogP contribution >= 0.6 is 46.4 Å². The molecule has 0 N–H and O–H groups in total. The van der Waals surface area contributed by atoms with E-state index in [4.69, 9.17) is 46.4 Å². The molecule has 0 unspecified atom stereocenters. The van der Waals surface area contributed by atoms with Crippen molar-refractivity contribution in [1.82, 2.24) is 0 Å². The van der Waals surface area contributed by atoms with E-state index in [0.717, 1.165) is 0 Å². The topological polar surface area (TPSA) is 17.1 Å². The molecule has 0 aromatic rings. The fourth-order valence-electron chi connectivity index (χ4n) is 1.97. The van der Waals surface area contributed by atoms with Crippen LogP contribution in [0, 0.1) is 10.8 Å². The average Bonchev–Trinajstić information content (AvgIpc) is 2.64. The predicted molar refractivity (Wildman–Crippen MR) is 72.2 cm³/mol. The monoisotopic (exact) mass is 322 g/mol. The molecule has 16 heavy (non-hydrogen) atoms. The first-order valence-corrected chi connectivity index (χ1v) is 8.12. The Hall–Kier alpha value is 1.31. The molecule has 0 saturated heterocycles. The van der Waals surface area contributed by atoms with Crippen molar-refractivity contribution in [2.45, 2.75) is 35.4 Å². The zero-order valence-corrected chi connectivity index (χ0v) is 13.0. The highest BCUT2D eigenvalue weighted by molar-refractivity contribution is 7.85. The first kappa shape index (κ1) is 13.7. The molecule has 0 spiro atoms. The van der Waals surface area contributed by atoms with Crippen molar-refractivity contribution in [2.24, 2.45) is 10.8 Å². The van der Waals surface area contributed by atoms with Crippen LogP contribution in [0.4, 0.5) is 0 Å². The lowest BCUT2D eigenvalue weighted by atomic mass is 10.2. The Labute approximate surface area is 119 Å². The maximum Gasteiger partial charge on any atom is 0.125 e. The van der Waals surface area contributed by atoms with E-state index in [1.807, 2.05) is 13.8 Å². The van der Waals surface area contributed by atoms with Crippen LogP contribution < -0.4 is 0 Å². The van der Waals surface area contributed by atoms with E-state index >= 15 is 0 Å². The molecular weight excluding hydrogens is 310 g/mol. The van der Waals surface area contributed by atoms with Crippen LogP contribution in [0.25, 0.3) is 0 Å². The van der Waals surface area contributed by atoms with E-state index in [-0.39, 0.29) is 10.8 Å². The van der Waals surface area contributed by atoms with Crippen molar-refractivity contribution in [3.63, 3.8) is 0 Å².